The topological polar surface area (TPSA) is 58.2 Å². The number of benzene rings is 4. The van der Waals surface area contributed by atoms with Crippen molar-refractivity contribution in [1.29, 1.82) is 0 Å². The summed E-state index contributed by atoms with van der Waals surface area (Å²) in [7, 11) is 0. The summed E-state index contributed by atoms with van der Waals surface area (Å²) in [6.07, 6.45) is 0. The van der Waals surface area contributed by atoms with Gasteiger partial charge in [-0.2, -0.15) is 0 Å². The highest BCUT2D eigenvalue weighted by Gasteiger charge is 2.52. The molecule has 0 aromatic heterocycles. The molecule has 0 bridgehead atoms. The molecule has 2 atom stereocenters. The number of anilines is 2. The third-order valence-electron chi connectivity index (χ3n) is 5.62. The van der Waals surface area contributed by atoms with Crippen molar-refractivity contribution < 1.29 is 9.59 Å². The van der Waals surface area contributed by atoms with Crippen molar-refractivity contribution in [2.24, 2.45) is 11.8 Å². The first kappa shape index (κ1) is 18.1. The van der Waals surface area contributed by atoms with Gasteiger partial charge < -0.3 is 10.6 Å². The molecule has 0 spiro atoms. The fourth-order valence-corrected chi connectivity index (χ4v) is 3.93. The molecule has 0 radical (unpaired) electrons. The summed E-state index contributed by atoms with van der Waals surface area (Å²) >= 11 is 0. The highest BCUT2D eigenvalue weighted by Crippen LogP contribution is 2.45. The zero-order chi connectivity index (χ0) is 20.7. The van der Waals surface area contributed by atoms with Gasteiger partial charge in [0.15, 0.2) is 0 Å². The Labute approximate surface area is 174 Å². The lowest BCUT2D eigenvalue weighted by atomic mass is 10.1. The lowest BCUT2D eigenvalue weighted by Gasteiger charge is -2.07. The Morgan fingerprint density at radius 3 is 1.43 bits per heavy atom. The van der Waals surface area contributed by atoms with Gasteiger partial charge in [0.25, 0.3) is 0 Å². The summed E-state index contributed by atoms with van der Waals surface area (Å²) in [5.74, 6) is -1.41. The van der Waals surface area contributed by atoms with E-state index in [2.05, 4.69) is 17.2 Å². The van der Waals surface area contributed by atoms with Crippen LogP contribution in [0.2, 0.25) is 0 Å². The molecular formula is C26H20N2O2. The third-order valence-corrected chi connectivity index (χ3v) is 5.62. The first-order valence-corrected chi connectivity index (χ1v) is 9.88. The Hall–Kier alpha value is -3.92. The van der Waals surface area contributed by atoms with Crippen molar-refractivity contribution in [2.75, 3.05) is 10.6 Å². The molecule has 1 fully saturated rings. The average molecular weight is 392 g/mol. The van der Waals surface area contributed by atoms with Crippen molar-refractivity contribution in [3.8, 4) is 0 Å². The Morgan fingerprint density at radius 2 is 1.00 bits per heavy atom. The molecule has 0 aliphatic heterocycles. The minimum Gasteiger partial charge on any atom is -0.326 e. The van der Waals surface area contributed by atoms with Crippen LogP contribution in [0.25, 0.3) is 21.5 Å². The monoisotopic (exact) mass is 392 g/mol. The largest absolute Gasteiger partial charge is 0.326 e. The van der Waals surface area contributed by atoms with Crippen LogP contribution >= 0.6 is 0 Å². The van der Waals surface area contributed by atoms with Crippen molar-refractivity contribution in [3.63, 3.8) is 0 Å². The minimum atomic E-state index is -0.503. The molecule has 1 aliphatic rings. The van der Waals surface area contributed by atoms with Crippen LogP contribution in [0.4, 0.5) is 11.4 Å². The van der Waals surface area contributed by atoms with E-state index in [1.807, 2.05) is 84.9 Å². The summed E-state index contributed by atoms with van der Waals surface area (Å²) in [5, 5.41) is 10.2. The van der Waals surface area contributed by atoms with Gasteiger partial charge in [-0.3, -0.25) is 9.59 Å². The molecule has 1 aliphatic carbocycles. The molecule has 1 saturated carbocycles. The maximum absolute atomic E-state index is 12.7. The van der Waals surface area contributed by atoms with Crippen LogP contribution in [0.1, 0.15) is 0 Å². The number of nitrogens with one attached hydrogen (secondary N) is 2. The van der Waals surface area contributed by atoms with Crippen LogP contribution in [0.15, 0.2) is 97.1 Å². The minimum absolute atomic E-state index is 0.200. The van der Waals surface area contributed by atoms with E-state index in [4.69, 9.17) is 0 Å². The Bertz CT molecular complexity index is 1220. The average Bonchev–Trinajstić information content (AvgIpc) is 3.45. The first-order chi connectivity index (χ1) is 14.6. The van der Waals surface area contributed by atoms with Gasteiger partial charge in [-0.25, -0.2) is 0 Å². The molecule has 30 heavy (non-hydrogen) atoms. The van der Waals surface area contributed by atoms with Gasteiger partial charge in [0.05, 0.1) is 11.8 Å². The van der Waals surface area contributed by atoms with Gasteiger partial charge in [0.1, 0.15) is 0 Å². The van der Waals surface area contributed by atoms with Gasteiger partial charge in [-0.1, -0.05) is 72.8 Å². The van der Waals surface area contributed by atoms with E-state index in [0.717, 1.165) is 21.5 Å². The first-order valence-electron chi connectivity index (χ1n) is 9.88. The van der Waals surface area contributed by atoms with E-state index < -0.39 is 11.8 Å². The SMILES string of the molecule is C=C1C(C(=O)Nc2ccc3ccccc3c2)[C@H]1C(=O)Nc1ccc2ccccc2c1. The summed E-state index contributed by atoms with van der Waals surface area (Å²) in [4.78, 5) is 25.4. The predicted molar refractivity (Wildman–Crippen MR) is 121 cm³/mol. The number of rotatable bonds is 4. The quantitative estimate of drug-likeness (QED) is 0.459. The molecule has 4 heteroatoms. The van der Waals surface area contributed by atoms with Gasteiger partial charge in [-0.15, -0.1) is 0 Å². The normalized spacial score (nSPS) is 17.7. The number of amides is 2. The van der Waals surface area contributed by atoms with Gasteiger partial charge in [0.2, 0.25) is 11.8 Å². The lowest BCUT2D eigenvalue weighted by Crippen LogP contribution is -2.20. The van der Waals surface area contributed by atoms with E-state index in [-0.39, 0.29) is 11.8 Å². The fourth-order valence-electron chi connectivity index (χ4n) is 3.93. The summed E-state index contributed by atoms with van der Waals surface area (Å²) in [6, 6.07) is 27.5. The highest BCUT2D eigenvalue weighted by atomic mass is 16.2. The van der Waals surface area contributed by atoms with Crippen LogP contribution in [-0.2, 0) is 9.59 Å². The fraction of sp³-hybridized carbons (Fsp3) is 0.0769. The highest BCUT2D eigenvalue weighted by molar-refractivity contribution is 6.09. The second kappa shape index (κ2) is 7.16. The van der Waals surface area contributed by atoms with Crippen molar-refractivity contribution in [2.45, 2.75) is 0 Å². The predicted octanol–water partition coefficient (Wildman–Crippen LogP) is 5.37. The van der Waals surface area contributed by atoms with Crippen LogP contribution in [0.5, 0.6) is 0 Å². The zero-order valence-corrected chi connectivity index (χ0v) is 16.3. The van der Waals surface area contributed by atoms with Crippen LogP contribution in [0.3, 0.4) is 0 Å². The third kappa shape index (κ3) is 3.33. The molecule has 0 heterocycles. The number of hydrogen-bond donors (Lipinski definition) is 2. The molecule has 2 N–H and O–H groups in total. The maximum Gasteiger partial charge on any atom is 0.232 e. The second-order valence-corrected chi connectivity index (χ2v) is 7.63. The Balaban J connectivity index is 1.27. The smallest absolute Gasteiger partial charge is 0.232 e. The molecule has 1 unspecified atom stereocenters. The van der Waals surface area contributed by atoms with E-state index >= 15 is 0 Å². The second-order valence-electron chi connectivity index (χ2n) is 7.63. The summed E-state index contributed by atoms with van der Waals surface area (Å²) in [6.45, 7) is 3.93. The standard InChI is InChI=1S/C26H20N2O2/c1-16-23(25(29)27-21-12-10-17-6-2-4-8-19(17)14-21)24(16)26(30)28-22-13-11-18-7-3-5-9-20(18)15-22/h2-15,23-24H,1H2,(H,27,29)(H,28,30)/t23-,24?/m0/s1. The molecule has 4 nitrogen and oxygen atoms in total. The molecular weight excluding hydrogens is 372 g/mol. The van der Waals surface area contributed by atoms with Crippen LogP contribution in [-0.4, -0.2) is 11.8 Å². The van der Waals surface area contributed by atoms with E-state index in [0.29, 0.717) is 16.9 Å². The van der Waals surface area contributed by atoms with Crippen LogP contribution < -0.4 is 10.6 Å². The van der Waals surface area contributed by atoms with E-state index in [1.54, 1.807) is 0 Å². The lowest BCUT2D eigenvalue weighted by molar-refractivity contribution is -0.122. The number of fused-ring (bicyclic) bond motifs is 2. The summed E-state index contributed by atoms with van der Waals surface area (Å²) in [5.41, 5.74) is 2.07. The molecule has 4 aromatic carbocycles. The molecule has 5 rings (SSSR count). The zero-order valence-electron chi connectivity index (χ0n) is 16.3. The molecule has 146 valence electrons. The van der Waals surface area contributed by atoms with Gasteiger partial charge in [-0.05, 0) is 45.8 Å². The van der Waals surface area contributed by atoms with Crippen molar-refractivity contribution in [1.82, 2.24) is 0 Å². The van der Waals surface area contributed by atoms with Crippen LogP contribution in [0, 0.1) is 11.8 Å². The molecule has 4 aromatic rings. The van der Waals surface area contributed by atoms with Crippen molar-refractivity contribution >= 4 is 44.7 Å². The number of hydrogen-bond acceptors (Lipinski definition) is 2. The van der Waals surface area contributed by atoms with Crippen molar-refractivity contribution in [3.05, 3.63) is 97.1 Å². The van der Waals surface area contributed by atoms with E-state index in [9.17, 15) is 9.59 Å². The molecule has 2 amide bonds. The Kier molecular flexibility index (Phi) is 4.32. The van der Waals surface area contributed by atoms with Gasteiger partial charge >= 0.3 is 0 Å². The summed E-state index contributed by atoms with van der Waals surface area (Å²) < 4.78 is 0. The Morgan fingerprint density at radius 1 is 0.600 bits per heavy atom. The number of carbonyl (C=O) groups excluding carboxylic acids is 2. The number of carbonyl (C=O) groups is 2. The maximum atomic E-state index is 12.7. The molecule has 0 saturated heterocycles. The van der Waals surface area contributed by atoms with Gasteiger partial charge in [0, 0.05) is 11.4 Å². The van der Waals surface area contributed by atoms with E-state index in [1.165, 1.54) is 0 Å².